The Bertz CT molecular complexity index is 1010. The number of nitrogens with zero attached hydrogens (tertiary/aromatic N) is 3. The van der Waals surface area contributed by atoms with E-state index in [1.54, 1.807) is 6.92 Å². The normalized spacial score (nSPS) is 11.1. The van der Waals surface area contributed by atoms with Gasteiger partial charge in [-0.3, -0.25) is 4.79 Å². The molecule has 0 fully saturated rings. The number of nitrogens with one attached hydrogen (secondary N) is 1. The molecule has 3 aromatic rings. The summed E-state index contributed by atoms with van der Waals surface area (Å²) in [7, 11) is 0. The summed E-state index contributed by atoms with van der Waals surface area (Å²) in [6, 6.07) is 5.62. The number of amides is 1. The van der Waals surface area contributed by atoms with Gasteiger partial charge >= 0.3 is 0 Å². The van der Waals surface area contributed by atoms with Crippen LogP contribution in [0.15, 0.2) is 29.6 Å². The molecule has 0 aliphatic rings. The highest BCUT2D eigenvalue weighted by atomic mass is 35.5. The van der Waals surface area contributed by atoms with E-state index in [4.69, 9.17) is 34.8 Å². The summed E-state index contributed by atoms with van der Waals surface area (Å²) in [5.74, 6) is 0.266. The highest BCUT2D eigenvalue weighted by Crippen LogP contribution is 2.29. The fraction of sp³-hybridized carbons (Fsp3) is 0.278. The first kappa shape index (κ1) is 20.3. The van der Waals surface area contributed by atoms with Crippen molar-refractivity contribution in [1.29, 1.82) is 0 Å². The standard InChI is InChI=1S/C18H17Cl3N4OS/c1-3-6-25-14-5-4-11(19)7-13(14)23-18(25)27-9-15(26)24-17-16(21)10(2)12(20)8-22-17/h4-5,7-8H,3,6,9H2,1-2H3,(H,22,24,26). The van der Waals surface area contributed by atoms with Crippen molar-refractivity contribution in [2.45, 2.75) is 32.0 Å². The van der Waals surface area contributed by atoms with Gasteiger partial charge in [0.2, 0.25) is 5.91 Å². The summed E-state index contributed by atoms with van der Waals surface area (Å²) < 4.78 is 2.10. The largest absolute Gasteiger partial charge is 0.319 e. The smallest absolute Gasteiger partial charge is 0.236 e. The van der Waals surface area contributed by atoms with Gasteiger partial charge in [0, 0.05) is 17.8 Å². The predicted molar refractivity (Wildman–Crippen MR) is 113 cm³/mol. The molecule has 3 rings (SSSR count). The molecule has 0 bridgehead atoms. The van der Waals surface area contributed by atoms with Crippen molar-refractivity contribution in [3.63, 3.8) is 0 Å². The van der Waals surface area contributed by atoms with Gasteiger partial charge in [-0.15, -0.1) is 0 Å². The van der Waals surface area contributed by atoms with E-state index in [0.29, 0.717) is 26.4 Å². The molecule has 0 aliphatic heterocycles. The molecule has 0 saturated carbocycles. The number of pyridine rings is 1. The molecule has 9 heteroatoms. The van der Waals surface area contributed by atoms with Crippen LogP contribution in [0.5, 0.6) is 0 Å². The molecule has 0 saturated heterocycles. The number of hydrogen-bond acceptors (Lipinski definition) is 4. The maximum atomic E-state index is 12.4. The molecule has 27 heavy (non-hydrogen) atoms. The molecule has 0 unspecified atom stereocenters. The molecule has 0 spiro atoms. The molecule has 142 valence electrons. The van der Waals surface area contributed by atoms with Gasteiger partial charge in [-0.25, -0.2) is 9.97 Å². The molecule has 0 radical (unpaired) electrons. The van der Waals surface area contributed by atoms with E-state index < -0.39 is 0 Å². The number of aryl methyl sites for hydroxylation is 1. The zero-order chi connectivity index (χ0) is 19.6. The number of aromatic nitrogens is 3. The van der Waals surface area contributed by atoms with Crippen molar-refractivity contribution in [3.8, 4) is 0 Å². The number of carbonyl (C=O) groups excluding carboxylic acids is 1. The van der Waals surface area contributed by atoms with Crippen LogP contribution in [0.3, 0.4) is 0 Å². The lowest BCUT2D eigenvalue weighted by atomic mass is 10.3. The summed E-state index contributed by atoms with van der Waals surface area (Å²) in [6.07, 6.45) is 2.42. The first-order valence-electron chi connectivity index (χ1n) is 8.29. The Labute approximate surface area is 176 Å². The molecule has 1 amide bonds. The van der Waals surface area contributed by atoms with Gasteiger partial charge in [0.15, 0.2) is 11.0 Å². The van der Waals surface area contributed by atoms with E-state index in [1.807, 2.05) is 18.2 Å². The number of fused-ring (bicyclic) bond motifs is 1. The summed E-state index contributed by atoms with van der Waals surface area (Å²) in [5, 5.41) is 4.93. The van der Waals surface area contributed by atoms with Crippen LogP contribution in [0.2, 0.25) is 15.1 Å². The van der Waals surface area contributed by atoms with E-state index in [-0.39, 0.29) is 11.7 Å². The third kappa shape index (κ3) is 4.51. The van der Waals surface area contributed by atoms with Crippen LogP contribution >= 0.6 is 46.6 Å². The van der Waals surface area contributed by atoms with E-state index in [0.717, 1.165) is 29.2 Å². The van der Waals surface area contributed by atoms with Gasteiger partial charge in [-0.05, 0) is 37.1 Å². The van der Waals surface area contributed by atoms with Crippen LogP contribution in [0.25, 0.3) is 11.0 Å². The zero-order valence-corrected chi connectivity index (χ0v) is 17.8. The minimum atomic E-state index is -0.218. The summed E-state index contributed by atoms with van der Waals surface area (Å²) in [5.41, 5.74) is 2.50. The monoisotopic (exact) mass is 442 g/mol. The van der Waals surface area contributed by atoms with E-state index in [2.05, 4.69) is 26.8 Å². The zero-order valence-electron chi connectivity index (χ0n) is 14.7. The topological polar surface area (TPSA) is 59.8 Å². The van der Waals surface area contributed by atoms with Crippen LogP contribution in [0.4, 0.5) is 5.82 Å². The SMILES string of the molecule is CCCn1c(SCC(=O)Nc2ncc(Cl)c(C)c2Cl)nc2cc(Cl)ccc21. The molecular formula is C18H17Cl3N4OS. The van der Waals surface area contributed by atoms with Crippen molar-refractivity contribution < 1.29 is 4.79 Å². The molecular weight excluding hydrogens is 427 g/mol. The average molecular weight is 444 g/mol. The maximum Gasteiger partial charge on any atom is 0.236 e. The van der Waals surface area contributed by atoms with Crippen LogP contribution in [-0.4, -0.2) is 26.2 Å². The first-order valence-corrected chi connectivity index (χ1v) is 10.4. The van der Waals surface area contributed by atoms with Crippen LogP contribution in [0, 0.1) is 6.92 Å². The van der Waals surface area contributed by atoms with E-state index >= 15 is 0 Å². The molecule has 2 heterocycles. The lowest BCUT2D eigenvalue weighted by molar-refractivity contribution is -0.113. The third-order valence-corrected chi connectivity index (χ3v) is 5.97. The average Bonchev–Trinajstić information content (AvgIpc) is 2.97. The summed E-state index contributed by atoms with van der Waals surface area (Å²) in [4.78, 5) is 21.1. The van der Waals surface area contributed by atoms with Gasteiger partial charge in [0.25, 0.3) is 0 Å². The number of carbonyl (C=O) groups is 1. The highest BCUT2D eigenvalue weighted by molar-refractivity contribution is 7.99. The third-order valence-electron chi connectivity index (χ3n) is 3.92. The van der Waals surface area contributed by atoms with Crippen LogP contribution in [-0.2, 0) is 11.3 Å². The highest BCUT2D eigenvalue weighted by Gasteiger charge is 2.15. The molecule has 1 aromatic carbocycles. The van der Waals surface area contributed by atoms with E-state index in [9.17, 15) is 4.79 Å². The number of anilines is 1. The number of benzene rings is 1. The summed E-state index contributed by atoms with van der Waals surface area (Å²) >= 11 is 19.6. The Morgan fingerprint density at radius 3 is 2.81 bits per heavy atom. The Morgan fingerprint density at radius 2 is 2.07 bits per heavy atom. The van der Waals surface area contributed by atoms with Gasteiger partial charge in [-0.1, -0.05) is 53.5 Å². The second kappa shape index (κ2) is 8.69. The van der Waals surface area contributed by atoms with Crippen molar-refractivity contribution in [2.24, 2.45) is 0 Å². The Morgan fingerprint density at radius 1 is 1.30 bits per heavy atom. The second-order valence-electron chi connectivity index (χ2n) is 5.91. The van der Waals surface area contributed by atoms with Crippen molar-refractivity contribution >= 4 is 69.3 Å². The van der Waals surface area contributed by atoms with Crippen molar-refractivity contribution in [3.05, 3.63) is 45.0 Å². The van der Waals surface area contributed by atoms with Crippen LogP contribution in [0.1, 0.15) is 18.9 Å². The molecule has 0 aliphatic carbocycles. The number of rotatable bonds is 6. The Kier molecular flexibility index (Phi) is 6.52. The summed E-state index contributed by atoms with van der Waals surface area (Å²) in [6.45, 7) is 4.68. The fourth-order valence-corrected chi connectivity index (χ4v) is 3.97. The lowest BCUT2D eigenvalue weighted by Crippen LogP contribution is -2.16. The Balaban J connectivity index is 1.75. The van der Waals surface area contributed by atoms with E-state index in [1.165, 1.54) is 18.0 Å². The van der Waals surface area contributed by atoms with Crippen LogP contribution < -0.4 is 5.32 Å². The quantitative estimate of drug-likeness (QED) is 0.486. The molecule has 0 atom stereocenters. The predicted octanol–water partition coefficient (Wildman–Crippen LogP) is 5.84. The maximum absolute atomic E-state index is 12.4. The van der Waals surface area contributed by atoms with Gasteiger partial charge in [-0.2, -0.15) is 0 Å². The number of halogens is 3. The first-order chi connectivity index (χ1) is 12.9. The molecule has 1 N–H and O–H groups in total. The van der Waals surface area contributed by atoms with Crippen molar-refractivity contribution in [2.75, 3.05) is 11.1 Å². The Hall–Kier alpha value is -1.47. The second-order valence-corrected chi connectivity index (χ2v) is 8.07. The lowest BCUT2D eigenvalue weighted by Gasteiger charge is -2.10. The van der Waals surface area contributed by atoms with Gasteiger partial charge in [0.05, 0.1) is 26.8 Å². The number of thioether (sulfide) groups is 1. The number of hydrogen-bond donors (Lipinski definition) is 1. The fourth-order valence-electron chi connectivity index (χ4n) is 2.57. The molecule has 5 nitrogen and oxygen atoms in total. The minimum absolute atomic E-state index is 0.181. The van der Waals surface area contributed by atoms with Crippen molar-refractivity contribution in [1.82, 2.24) is 14.5 Å². The minimum Gasteiger partial charge on any atom is -0.319 e. The van der Waals surface area contributed by atoms with Gasteiger partial charge in [0.1, 0.15) is 0 Å². The number of imidazole rings is 1. The molecule has 2 aromatic heterocycles. The van der Waals surface area contributed by atoms with Gasteiger partial charge < -0.3 is 9.88 Å².